The van der Waals surface area contributed by atoms with Crippen LogP contribution < -0.4 is 26.2 Å². The number of fused-ring (bicyclic) bond motifs is 38. The summed E-state index contributed by atoms with van der Waals surface area (Å²) < 4.78 is 2.57. The van der Waals surface area contributed by atoms with E-state index in [2.05, 4.69) is 390 Å². The normalized spacial score (nSPS) is 15.0. The highest BCUT2D eigenvalue weighted by atomic mass is 15.2. The van der Waals surface area contributed by atoms with Gasteiger partial charge in [0.15, 0.2) is 0 Å². The van der Waals surface area contributed by atoms with E-state index in [0.29, 0.717) is 0 Å². The van der Waals surface area contributed by atoms with Gasteiger partial charge in [-0.3, -0.25) is 0 Å². The molecule has 17 aromatic carbocycles. The van der Waals surface area contributed by atoms with E-state index in [1.165, 1.54) is 177 Å². The first-order valence-corrected chi connectivity index (χ1v) is 38.4. The number of hydrogen-bond donors (Lipinski definition) is 0. The largest absolute Gasteiger partial charge is 0.311 e. The molecule has 0 saturated heterocycles. The van der Waals surface area contributed by atoms with E-state index in [1.54, 1.807) is 0 Å². The molecule has 500 valence electrons. The van der Waals surface area contributed by atoms with Gasteiger partial charge in [-0.25, -0.2) is 0 Å². The van der Waals surface area contributed by atoms with E-state index < -0.39 is 16.2 Å². The summed E-state index contributed by atoms with van der Waals surface area (Å²) in [5.41, 5.74) is 45.9. The van der Waals surface area contributed by atoms with Gasteiger partial charge < -0.3 is 14.4 Å². The van der Waals surface area contributed by atoms with Crippen LogP contribution in [0.1, 0.15) is 66.8 Å². The van der Waals surface area contributed by atoms with Crippen molar-refractivity contribution in [3.05, 3.63) is 443 Å². The molecule has 3 spiro atoms. The summed E-state index contributed by atoms with van der Waals surface area (Å²) in [4.78, 5) is 5.49. The molecule has 0 bridgehead atoms. The van der Waals surface area contributed by atoms with Gasteiger partial charge in [0, 0.05) is 44.8 Å². The van der Waals surface area contributed by atoms with Crippen LogP contribution in [0.5, 0.6) is 0 Å². The average molecular weight is 1380 g/mol. The van der Waals surface area contributed by atoms with E-state index >= 15 is 0 Å². The third-order valence-corrected chi connectivity index (χ3v) is 26.6. The molecule has 26 rings (SSSR count). The van der Waals surface area contributed by atoms with E-state index in [4.69, 9.17) is 0 Å². The van der Waals surface area contributed by atoms with Gasteiger partial charge in [-0.1, -0.05) is 322 Å². The van der Waals surface area contributed by atoms with Gasteiger partial charge in [0.2, 0.25) is 0 Å². The van der Waals surface area contributed by atoms with Crippen molar-refractivity contribution in [2.45, 2.75) is 16.2 Å². The maximum Gasteiger partial charge on any atom is 0.252 e. The maximum absolute atomic E-state index is 2.80. The zero-order chi connectivity index (χ0) is 70.7. The fourth-order valence-electron chi connectivity index (χ4n) is 22.9. The highest BCUT2D eigenvalue weighted by Gasteiger charge is 2.59. The molecule has 6 aliphatic carbocycles. The molecule has 0 unspecified atom stereocenters. The van der Waals surface area contributed by atoms with Gasteiger partial charge >= 0.3 is 0 Å². The van der Waals surface area contributed by atoms with Gasteiger partial charge in [-0.2, -0.15) is 0 Å². The van der Waals surface area contributed by atoms with Crippen LogP contribution in [0.15, 0.2) is 376 Å². The summed E-state index contributed by atoms with van der Waals surface area (Å²) in [6.07, 6.45) is 0. The molecule has 0 amide bonds. The van der Waals surface area contributed by atoms with E-state index in [0.717, 1.165) is 45.2 Å². The monoisotopic (exact) mass is 1380 g/mol. The lowest BCUT2D eigenvalue weighted by molar-refractivity contribution is 0.792. The first-order valence-electron chi connectivity index (χ1n) is 38.4. The fourth-order valence-corrected chi connectivity index (χ4v) is 22.9. The predicted octanol–water partition coefficient (Wildman–Crippen LogP) is 23.6. The number of benzene rings is 17. The van der Waals surface area contributed by atoms with Gasteiger partial charge in [0.1, 0.15) is 0 Å². The van der Waals surface area contributed by atoms with Crippen LogP contribution in [-0.2, 0) is 16.2 Å². The first-order chi connectivity index (χ1) is 54.1. The quantitative estimate of drug-likeness (QED) is 0.163. The van der Waals surface area contributed by atoms with Crippen LogP contribution in [0.2, 0.25) is 0 Å². The summed E-state index contributed by atoms with van der Waals surface area (Å²) in [5, 5.41) is 2.44. The Hall–Kier alpha value is -13.8. The Kier molecular flexibility index (Phi) is 11.2. The highest BCUT2D eigenvalue weighted by molar-refractivity contribution is 7.01. The maximum atomic E-state index is 2.80. The van der Waals surface area contributed by atoms with E-state index in [9.17, 15) is 0 Å². The van der Waals surface area contributed by atoms with Crippen molar-refractivity contribution in [3.63, 3.8) is 0 Å². The molecule has 0 fully saturated rings. The minimum atomic E-state index is -0.691. The molecule has 3 heterocycles. The van der Waals surface area contributed by atoms with Gasteiger partial charge in [0.25, 0.3) is 6.71 Å². The Morgan fingerprint density at radius 1 is 0.211 bits per heavy atom. The first kappa shape index (κ1) is 58.5. The molecule has 3 nitrogen and oxygen atoms in total. The van der Waals surface area contributed by atoms with E-state index in [1.807, 2.05) is 0 Å². The van der Waals surface area contributed by atoms with Crippen molar-refractivity contribution in [1.82, 2.24) is 4.57 Å². The fraction of sp³-hybridized carbons (Fsp3) is 0.0286. The lowest BCUT2D eigenvalue weighted by atomic mass is 9.32. The zero-order valence-electron chi connectivity index (χ0n) is 59.2. The van der Waals surface area contributed by atoms with Crippen LogP contribution in [0.4, 0.5) is 34.1 Å². The molecule has 109 heavy (non-hydrogen) atoms. The van der Waals surface area contributed by atoms with Gasteiger partial charge in [-0.05, 0) is 210 Å². The molecule has 0 atom stereocenters. The van der Waals surface area contributed by atoms with Crippen molar-refractivity contribution in [1.29, 1.82) is 0 Å². The number of anilines is 6. The lowest BCUT2D eigenvalue weighted by Gasteiger charge is -2.46. The summed E-state index contributed by atoms with van der Waals surface area (Å²) in [5.74, 6) is 0. The number of para-hydroxylation sites is 2. The van der Waals surface area contributed by atoms with Crippen molar-refractivity contribution >= 4 is 79.0 Å². The molecular weight excluding hydrogens is 1310 g/mol. The SMILES string of the molecule is c1ccc(-c2ccc3c(c2)B2c4c(cc(-n5c6ccccc6c6ccccc65)cc4N(c4cccc5c4C4(c6ccccc6-c6ccccc64)c4ccccc4-5)c4ccc5c(c42)-c2ccccc2C52c4ccccc4-c4ccccc42)N3c2ccc3c(c2)-c2ccccc2C32c3ccccc3-c3ccccc32)cc1. The Bertz CT molecular complexity index is 6960. The predicted molar refractivity (Wildman–Crippen MR) is 449 cm³/mol. The van der Waals surface area contributed by atoms with Crippen LogP contribution >= 0.6 is 0 Å². The molecular formula is C105H62BN3. The van der Waals surface area contributed by atoms with E-state index in [-0.39, 0.29) is 6.71 Å². The topological polar surface area (TPSA) is 11.4 Å². The molecule has 0 N–H and O–H groups in total. The van der Waals surface area contributed by atoms with Crippen molar-refractivity contribution in [2.75, 3.05) is 9.80 Å². The van der Waals surface area contributed by atoms with Crippen molar-refractivity contribution in [2.24, 2.45) is 0 Å². The average Bonchev–Trinajstić information content (AvgIpc) is 1.56. The number of hydrogen-bond acceptors (Lipinski definition) is 2. The third-order valence-electron chi connectivity index (χ3n) is 26.6. The summed E-state index contributed by atoms with van der Waals surface area (Å²) in [7, 11) is 0. The van der Waals surface area contributed by atoms with Crippen LogP contribution in [0.3, 0.4) is 0 Å². The molecule has 0 radical (unpaired) electrons. The lowest BCUT2D eigenvalue weighted by Crippen LogP contribution is -2.62. The highest BCUT2D eigenvalue weighted by Crippen LogP contribution is 2.69. The second-order valence-corrected chi connectivity index (χ2v) is 31.0. The van der Waals surface area contributed by atoms with Crippen molar-refractivity contribution in [3.8, 4) is 83.6 Å². The molecule has 1 aromatic heterocycles. The number of rotatable bonds is 4. The third kappa shape index (κ3) is 6.92. The van der Waals surface area contributed by atoms with Crippen LogP contribution in [0.25, 0.3) is 105 Å². The Labute approximate surface area is 631 Å². The summed E-state index contributed by atoms with van der Waals surface area (Å²) in [6, 6.07) is 146. The minimum Gasteiger partial charge on any atom is -0.311 e. The van der Waals surface area contributed by atoms with Crippen LogP contribution in [0, 0.1) is 0 Å². The zero-order valence-corrected chi connectivity index (χ0v) is 59.2. The summed E-state index contributed by atoms with van der Waals surface area (Å²) in [6.45, 7) is -0.302. The Morgan fingerprint density at radius 3 is 1.14 bits per heavy atom. The minimum absolute atomic E-state index is 0.302. The Balaban J connectivity index is 0.841. The Morgan fingerprint density at radius 2 is 0.606 bits per heavy atom. The standard InChI is InChI=1S/C105H62BN3/c1-2-27-63(28-3-1)64-53-57-94-91(59-64)106-101-97(107(94)65-54-55-89-79(60-65)74-36-11-19-45-84(74)103(89)80-41-15-4-29-67(80)68-30-5-16-42-81(68)103)61-66(108-92-50-24-13-37-75(92)76-38-14-25-51-93(76)108)62-98(101)109(95-52-26-40-77-73-35-10-22-48-87(73)105(100(77)95)85-46-20-8-33-71(85)72-34-9-21-47-86(72)105)96-58-56-90-99(102(96)106)78-39-12-23-49-88(78)104(90)82-43-17-6-31-69(82)70-32-7-18-44-83(70)104/h1-62H. The molecule has 8 aliphatic rings. The molecule has 0 saturated carbocycles. The molecule has 4 heteroatoms. The van der Waals surface area contributed by atoms with Crippen molar-refractivity contribution < 1.29 is 0 Å². The summed E-state index contributed by atoms with van der Waals surface area (Å²) >= 11 is 0. The molecule has 2 aliphatic heterocycles. The smallest absolute Gasteiger partial charge is 0.252 e. The second kappa shape index (κ2) is 20.8. The number of nitrogens with zero attached hydrogens (tertiary/aromatic N) is 3. The van der Waals surface area contributed by atoms with Gasteiger partial charge in [-0.15, -0.1) is 0 Å². The van der Waals surface area contributed by atoms with Crippen LogP contribution in [-0.4, -0.2) is 11.3 Å². The van der Waals surface area contributed by atoms with Gasteiger partial charge in [0.05, 0.1) is 38.7 Å². The number of aromatic nitrogens is 1. The molecule has 18 aromatic rings. The second-order valence-electron chi connectivity index (χ2n) is 31.0.